The van der Waals surface area contributed by atoms with Crippen LogP contribution in [0, 0.1) is 11.8 Å². The fourth-order valence-electron chi connectivity index (χ4n) is 2.13. The fraction of sp³-hybridized carbons (Fsp3) is 0.846. The van der Waals surface area contributed by atoms with Crippen LogP contribution in [0.3, 0.4) is 0 Å². The Morgan fingerprint density at radius 1 is 1.39 bits per heavy atom. The summed E-state index contributed by atoms with van der Waals surface area (Å²) in [6.45, 7) is 5.16. The zero-order chi connectivity index (χ0) is 13.5. The van der Waals surface area contributed by atoms with Crippen LogP contribution in [-0.2, 0) is 14.3 Å². The minimum atomic E-state index is -0.954. The van der Waals surface area contributed by atoms with Crippen LogP contribution in [0.2, 0.25) is 0 Å². The highest BCUT2D eigenvalue weighted by atomic mass is 16.5. The van der Waals surface area contributed by atoms with E-state index in [9.17, 15) is 9.59 Å². The SMILES string of the molecule is CC[C@H](C)[C@H](NC(=O)CC1CCOCC1)C(=O)O. The summed E-state index contributed by atoms with van der Waals surface area (Å²) >= 11 is 0. The van der Waals surface area contributed by atoms with Gasteiger partial charge in [-0.1, -0.05) is 20.3 Å². The normalized spacial score (nSPS) is 20.1. The molecule has 0 spiro atoms. The van der Waals surface area contributed by atoms with Crippen LogP contribution in [0.1, 0.15) is 39.5 Å². The van der Waals surface area contributed by atoms with E-state index in [1.54, 1.807) is 0 Å². The lowest BCUT2D eigenvalue weighted by molar-refractivity contribution is -0.143. The van der Waals surface area contributed by atoms with Gasteiger partial charge in [0.15, 0.2) is 0 Å². The highest BCUT2D eigenvalue weighted by Crippen LogP contribution is 2.18. The second kappa shape index (κ2) is 7.36. The van der Waals surface area contributed by atoms with Crippen LogP contribution in [-0.4, -0.2) is 36.2 Å². The van der Waals surface area contributed by atoms with Crippen molar-refractivity contribution in [3.8, 4) is 0 Å². The molecule has 1 aliphatic heterocycles. The van der Waals surface area contributed by atoms with Crippen LogP contribution in [0.5, 0.6) is 0 Å². The van der Waals surface area contributed by atoms with Crippen molar-refractivity contribution >= 4 is 11.9 Å². The lowest BCUT2D eigenvalue weighted by Gasteiger charge is -2.24. The summed E-state index contributed by atoms with van der Waals surface area (Å²) in [7, 11) is 0. The average molecular weight is 257 g/mol. The van der Waals surface area contributed by atoms with Gasteiger partial charge in [0, 0.05) is 19.6 Å². The molecule has 0 aromatic rings. The van der Waals surface area contributed by atoms with E-state index in [0.717, 1.165) is 19.3 Å². The largest absolute Gasteiger partial charge is 0.480 e. The molecule has 1 amide bonds. The summed E-state index contributed by atoms with van der Waals surface area (Å²) in [6, 6.07) is -0.776. The molecule has 0 saturated carbocycles. The topological polar surface area (TPSA) is 75.6 Å². The number of hydrogen-bond acceptors (Lipinski definition) is 3. The Labute approximate surface area is 108 Å². The van der Waals surface area contributed by atoms with Crippen molar-refractivity contribution in [3.63, 3.8) is 0 Å². The number of nitrogens with one attached hydrogen (secondary N) is 1. The van der Waals surface area contributed by atoms with Gasteiger partial charge in [-0.15, -0.1) is 0 Å². The molecule has 0 aromatic heterocycles. The highest BCUT2D eigenvalue weighted by molar-refractivity contribution is 5.83. The maximum absolute atomic E-state index is 11.8. The van der Waals surface area contributed by atoms with Crippen LogP contribution >= 0.6 is 0 Å². The van der Waals surface area contributed by atoms with Crippen LogP contribution in [0.25, 0.3) is 0 Å². The second-order valence-corrected chi connectivity index (χ2v) is 5.03. The van der Waals surface area contributed by atoms with Crippen molar-refractivity contribution in [2.24, 2.45) is 11.8 Å². The van der Waals surface area contributed by atoms with Crippen molar-refractivity contribution in [3.05, 3.63) is 0 Å². The summed E-state index contributed by atoms with van der Waals surface area (Å²) < 4.78 is 5.23. The average Bonchev–Trinajstić information content (AvgIpc) is 2.36. The molecule has 1 saturated heterocycles. The van der Waals surface area contributed by atoms with E-state index in [0.29, 0.717) is 25.6 Å². The van der Waals surface area contributed by atoms with E-state index in [1.165, 1.54) is 0 Å². The lowest BCUT2D eigenvalue weighted by atomic mass is 9.95. The van der Waals surface area contributed by atoms with Gasteiger partial charge in [-0.25, -0.2) is 4.79 Å². The first-order chi connectivity index (χ1) is 8.54. The van der Waals surface area contributed by atoms with Crippen molar-refractivity contribution < 1.29 is 19.4 Å². The maximum atomic E-state index is 11.8. The summed E-state index contributed by atoms with van der Waals surface area (Å²) in [5.74, 6) is -0.842. The third kappa shape index (κ3) is 4.64. The number of carboxylic acid groups (broad SMARTS) is 1. The third-order valence-corrected chi connectivity index (χ3v) is 3.61. The highest BCUT2D eigenvalue weighted by Gasteiger charge is 2.26. The molecule has 2 atom stereocenters. The number of carbonyl (C=O) groups excluding carboxylic acids is 1. The second-order valence-electron chi connectivity index (χ2n) is 5.03. The Morgan fingerprint density at radius 2 is 2.00 bits per heavy atom. The molecular formula is C13H23NO4. The first-order valence-corrected chi connectivity index (χ1v) is 6.64. The molecule has 5 nitrogen and oxygen atoms in total. The van der Waals surface area contributed by atoms with Crippen LogP contribution in [0.15, 0.2) is 0 Å². The van der Waals surface area contributed by atoms with E-state index >= 15 is 0 Å². The third-order valence-electron chi connectivity index (χ3n) is 3.61. The molecule has 1 aliphatic rings. The molecule has 2 N–H and O–H groups in total. The van der Waals surface area contributed by atoms with Gasteiger partial charge in [-0.2, -0.15) is 0 Å². The zero-order valence-electron chi connectivity index (χ0n) is 11.1. The molecule has 0 unspecified atom stereocenters. The maximum Gasteiger partial charge on any atom is 0.326 e. The van der Waals surface area contributed by atoms with Gasteiger partial charge in [0.2, 0.25) is 5.91 Å². The molecule has 0 aromatic carbocycles. The van der Waals surface area contributed by atoms with E-state index < -0.39 is 12.0 Å². The van der Waals surface area contributed by atoms with Crippen molar-refractivity contribution in [1.29, 1.82) is 0 Å². The molecule has 5 heteroatoms. The van der Waals surface area contributed by atoms with Crippen LogP contribution in [0.4, 0.5) is 0 Å². The van der Waals surface area contributed by atoms with E-state index in [4.69, 9.17) is 9.84 Å². The van der Waals surface area contributed by atoms with Gasteiger partial charge in [0.05, 0.1) is 0 Å². The molecule has 0 aliphatic carbocycles. The molecule has 1 heterocycles. The quantitative estimate of drug-likeness (QED) is 0.754. The van der Waals surface area contributed by atoms with Crippen molar-refractivity contribution in [1.82, 2.24) is 5.32 Å². The van der Waals surface area contributed by atoms with Gasteiger partial charge in [-0.05, 0) is 24.7 Å². The standard InChI is InChI=1S/C13H23NO4/c1-3-9(2)12(13(16)17)14-11(15)8-10-4-6-18-7-5-10/h9-10,12H,3-8H2,1-2H3,(H,14,15)(H,16,17)/t9-,12-/m0/s1. The number of ether oxygens (including phenoxy) is 1. The minimum absolute atomic E-state index is 0.0545. The first kappa shape index (κ1) is 15.0. The number of carbonyl (C=O) groups is 2. The Bertz CT molecular complexity index is 287. The fourth-order valence-corrected chi connectivity index (χ4v) is 2.13. The lowest BCUT2D eigenvalue weighted by Crippen LogP contribution is -2.45. The van der Waals surface area contributed by atoms with Gasteiger partial charge >= 0.3 is 5.97 Å². The number of aliphatic carboxylic acids is 1. The van der Waals surface area contributed by atoms with E-state index in [-0.39, 0.29) is 11.8 Å². The Balaban J connectivity index is 2.42. The van der Waals surface area contributed by atoms with Crippen molar-refractivity contribution in [2.75, 3.05) is 13.2 Å². The van der Waals surface area contributed by atoms with E-state index in [1.807, 2.05) is 13.8 Å². The van der Waals surface area contributed by atoms with Gasteiger partial charge in [0.1, 0.15) is 6.04 Å². The van der Waals surface area contributed by atoms with Crippen LogP contribution < -0.4 is 5.32 Å². The number of amides is 1. The predicted octanol–water partition coefficient (Wildman–Crippen LogP) is 1.42. The molecule has 1 rings (SSSR count). The molecule has 0 radical (unpaired) electrons. The summed E-state index contributed by atoms with van der Waals surface area (Å²) in [5, 5.41) is 11.7. The zero-order valence-corrected chi connectivity index (χ0v) is 11.1. The molecular weight excluding hydrogens is 234 g/mol. The summed E-state index contributed by atoms with van der Waals surface area (Å²) in [4.78, 5) is 22.9. The van der Waals surface area contributed by atoms with Crippen molar-refractivity contribution in [2.45, 2.75) is 45.6 Å². The number of carboxylic acids is 1. The van der Waals surface area contributed by atoms with Gasteiger partial charge in [-0.3, -0.25) is 4.79 Å². The Morgan fingerprint density at radius 3 is 2.50 bits per heavy atom. The van der Waals surface area contributed by atoms with E-state index in [2.05, 4.69) is 5.32 Å². The first-order valence-electron chi connectivity index (χ1n) is 6.64. The molecule has 0 bridgehead atoms. The summed E-state index contributed by atoms with van der Waals surface area (Å²) in [5.41, 5.74) is 0. The monoisotopic (exact) mass is 257 g/mol. The van der Waals surface area contributed by atoms with Gasteiger partial charge < -0.3 is 15.2 Å². The van der Waals surface area contributed by atoms with Gasteiger partial charge in [0.25, 0.3) is 0 Å². The smallest absolute Gasteiger partial charge is 0.326 e. The minimum Gasteiger partial charge on any atom is -0.480 e. The molecule has 18 heavy (non-hydrogen) atoms. The number of rotatable bonds is 6. The predicted molar refractivity (Wildman–Crippen MR) is 67.2 cm³/mol. The molecule has 1 fully saturated rings. The number of hydrogen-bond donors (Lipinski definition) is 2. The Hall–Kier alpha value is -1.10. The molecule has 104 valence electrons. The Kier molecular flexibility index (Phi) is 6.12. The summed E-state index contributed by atoms with van der Waals surface area (Å²) in [6.07, 6.45) is 2.90.